The summed E-state index contributed by atoms with van der Waals surface area (Å²) in [6.45, 7) is 5.32. The van der Waals surface area contributed by atoms with E-state index in [1.54, 1.807) is 24.3 Å². The summed E-state index contributed by atoms with van der Waals surface area (Å²) < 4.78 is 41.2. The molecule has 3 rings (SSSR count). The molecule has 42 heavy (non-hydrogen) atoms. The fourth-order valence-corrected chi connectivity index (χ4v) is 5.88. The van der Waals surface area contributed by atoms with Crippen molar-refractivity contribution in [2.45, 2.75) is 58.2 Å². The van der Waals surface area contributed by atoms with E-state index in [1.165, 1.54) is 23.1 Å². The fraction of sp³-hybridized carbons (Fsp3) is 0.355. The summed E-state index contributed by atoms with van der Waals surface area (Å²) in [5, 5.41) is 3.46. The van der Waals surface area contributed by atoms with Gasteiger partial charge >= 0.3 is 0 Å². The van der Waals surface area contributed by atoms with Crippen molar-refractivity contribution >= 4 is 50.7 Å². The van der Waals surface area contributed by atoms with Gasteiger partial charge in [0.2, 0.25) is 21.8 Å². The molecular weight excluding hydrogens is 600 g/mol. The third kappa shape index (κ3) is 9.71. The molecule has 0 aromatic heterocycles. The Bertz CT molecular complexity index is 1500. The van der Waals surface area contributed by atoms with Crippen LogP contribution in [0.5, 0.6) is 0 Å². The van der Waals surface area contributed by atoms with Gasteiger partial charge in [0.15, 0.2) is 0 Å². The van der Waals surface area contributed by atoms with E-state index < -0.39 is 33.3 Å². The maximum Gasteiger partial charge on any atom is 0.243 e. The molecule has 1 N–H and O–H groups in total. The minimum absolute atomic E-state index is 0.0598. The fourth-order valence-electron chi connectivity index (χ4n) is 4.48. The van der Waals surface area contributed by atoms with Gasteiger partial charge in [-0.2, -0.15) is 0 Å². The number of sulfonamides is 1. The van der Waals surface area contributed by atoms with Crippen molar-refractivity contribution in [2.24, 2.45) is 0 Å². The normalized spacial score (nSPS) is 12.5. The Morgan fingerprint density at radius 1 is 0.976 bits per heavy atom. The summed E-state index contributed by atoms with van der Waals surface area (Å²) in [7, 11) is -3.77. The highest BCUT2D eigenvalue weighted by atomic mass is 35.5. The highest BCUT2D eigenvalue weighted by Gasteiger charge is 2.33. The molecule has 0 spiro atoms. The van der Waals surface area contributed by atoms with Gasteiger partial charge < -0.3 is 10.2 Å². The van der Waals surface area contributed by atoms with Crippen LogP contribution >= 0.6 is 23.2 Å². The molecule has 3 aromatic rings. The Balaban J connectivity index is 1.93. The summed E-state index contributed by atoms with van der Waals surface area (Å²) in [5.74, 6) is -1.29. The molecule has 0 saturated heterocycles. The van der Waals surface area contributed by atoms with Crippen molar-refractivity contribution in [2.75, 3.05) is 17.1 Å². The quantitative estimate of drug-likeness (QED) is 0.255. The number of amides is 2. The van der Waals surface area contributed by atoms with Gasteiger partial charge in [0.25, 0.3) is 0 Å². The lowest BCUT2D eigenvalue weighted by molar-refractivity contribution is -0.142. The Morgan fingerprint density at radius 2 is 1.62 bits per heavy atom. The van der Waals surface area contributed by atoms with Gasteiger partial charge in [-0.1, -0.05) is 71.7 Å². The summed E-state index contributed by atoms with van der Waals surface area (Å²) in [5.41, 5.74) is 0.715. The summed E-state index contributed by atoms with van der Waals surface area (Å²) in [6, 6.07) is 18.9. The van der Waals surface area contributed by atoms with Gasteiger partial charge in [-0.25, -0.2) is 12.8 Å². The largest absolute Gasteiger partial charge is 0.350 e. The number of benzene rings is 3. The monoisotopic (exact) mass is 635 g/mol. The smallest absolute Gasteiger partial charge is 0.243 e. The van der Waals surface area contributed by atoms with Crippen molar-refractivity contribution in [3.8, 4) is 0 Å². The molecule has 0 heterocycles. The van der Waals surface area contributed by atoms with Crippen LogP contribution in [0.15, 0.2) is 72.8 Å². The van der Waals surface area contributed by atoms with Crippen LogP contribution in [-0.2, 0) is 32.6 Å². The third-order valence-corrected chi connectivity index (χ3v) is 8.13. The molecule has 0 unspecified atom stereocenters. The van der Waals surface area contributed by atoms with Crippen molar-refractivity contribution in [1.29, 1.82) is 0 Å². The van der Waals surface area contributed by atoms with Gasteiger partial charge in [0, 0.05) is 42.1 Å². The lowest BCUT2D eigenvalue weighted by Gasteiger charge is -2.34. The Morgan fingerprint density at radius 3 is 2.24 bits per heavy atom. The van der Waals surface area contributed by atoms with Crippen LogP contribution in [-0.4, -0.2) is 49.5 Å². The van der Waals surface area contributed by atoms with Crippen molar-refractivity contribution in [3.05, 3.63) is 99.8 Å². The summed E-state index contributed by atoms with van der Waals surface area (Å²) in [6.07, 6.45) is 1.26. The van der Waals surface area contributed by atoms with E-state index in [-0.39, 0.29) is 54.5 Å². The molecular formula is C31H36Cl2FN3O4S. The van der Waals surface area contributed by atoms with Crippen LogP contribution in [0.2, 0.25) is 10.0 Å². The van der Waals surface area contributed by atoms with Crippen LogP contribution in [0, 0.1) is 5.82 Å². The Hall–Kier alpha value is -3.14. The van der Waals surface area contributed by atoms with Gasteiger partial charge in [0.1, 0.15) is 11.9 Å². The van der Waals surface area contributed by atoms with Gasteiger partial charge in [0.05, 0.1) is 17.0 Å². The van der Waals surface area contributed by atoms with Crippen LogP contribution in [0.25, 0.3) is 0 Å². The van der Waals surface area contributed by atoms with Crippen LogP contribution < -0.4 is 9.62 Å². The standard InChI is InChI=1S/C31H36Cl2FN3O4S/c1-31(2,3)35-30(39)28(19-22-11-6-5-7-12-22)36(21-23-13-8-9-14-26(23)34)29(38)15-10-18-37(42(4,40)41)27-20-24(32)16-17-25(27)33/h5-9,11-14,16-17,20,28H,10,15,18-19,21H2,1-4H3,(H,35,39)/t28-/m1/s1. The average molecular weight is 637 g/mol. The van der Waals surface area contributed by atoms with E-state index >= 15 is 0 Å². The molecule has 0 radical (unpaired) electrons. The first-order valence-corrected chi connectivity index (χ1v) is 16.1. The first kappa shape index (κ1) is 33.4. The number of carbonyl (C=O) groups excluding carboxylic acids is 2. The number of hydrogen-bond donors (Lipinski definition) is 1. The number of nitrogens with zero attached hydrogens (tertiary/aromatic N) is 2. The van der Waals surface area contributed by atoms with Gasteiger partial charge in [-0.05, 0) is 57.0 Å². The number of nitrogens with one attached hydrogen (secondary N) is 1. The molecule has 0 saturated carbocycles. The zero-order valence-electron chi connectivity index (χ0n) is 24.1. The molecule has 0 aliphatic heterocycles. The third-order valence-electron chi connectivity index (χ3n) is 6.40. The lowest BCUT2D eigenvalue weighted by Crippen LogP contribution is -2.54. The number of rotatable bonds is 12. The minimum Gasteiger partial charge on any atom is -0.350 e. The van der Waals surface area contributed by atoms with Gasteiger partial charge in [-0.3, -0.25) is 13.9 Å². The van der Waals surface area contributed by atoms with Crippen LogP contribution in [0.3, 0.4) is 0 Å². The molecule has 11 heteroatoms. The second kappa shape index (κ2) is 14.4. The maximum absolute atomic E-state index is 14.8. The van der Waals surface area contributed by atoms with Crippen LogP contribution in [0.4, 0.5) is 10.1 Å². The summed E-state index contributed by atoms with van der Waals surface area (Å²) in [4.78, 5) is 28.9. The highest BCUT2D eigenvalue weighted by Crippen LogP contribution is 2.31. The number of anilines is 1. The number of carbonyl (C=O) groups is 2. The topological polar surface area (TPSA) is 86.8 Å². The van der Waals surface area contributed by atoms with Crippen molar-refractivity contribution < 1.29 is 22.4 Å². The second-order valence-electron chi connectivity index (χ2n) is 11.1. The molecule has 0 aliphatic rings. The molecule has 7 nitrogen and oxygen atoms in total. The highest BCUT2D eigenvalue weighted by molar-refractivity contribution is 7.92. The van der Waals surface area contributed by atoms with E-state index in [0.717, 1.165) is 16.1 Å². The van der Waals surface area contributed by atoms with E-state index in [0.29, 0.717) is 5.02 Å². The second-order valence-corrected chi connectivity index (χ2v) is 13.8. The first-order chi connectivity index (χ1) is 19.7. The zero-order valence-corrected chi connectivity index (χ0v) is 26.4. The number of halogens is 3. The predicted molar refractivity (Wildman–Crippen MR) is 167 cm³/mol. The molecule has 0 bridgehead atoms. The number of hydrogen-bond acceptors (Lipinski definition) is 4. The SMILES string of the molecule is CC(C)(C)NC(=O)[C@@H](Cc1ccccc1)N(Cc1ccccc1F)C(=O)CCCN(c1cc(Cl)ccc1Cl)S(C)(=O)=O. The molecule has 2 amide bonds. The summed E-state index contributed by atoms with van der Waals surface area (Å²) >= 11 is 12.4. The molecule has 3 aromatic carbocycles. The average Bonchev–Trinajstić information content (AvgIpc) is 2.90. The molecule has 226 valence electrons. The van der Waals surface area contributed by atoms with Crippen LogP contribution in [0.1, 0.15) is 44.7 Å². The van der Waals surface area contributed by atoms with E-state index in [2.05, 4.69) is 5.32 Å². The molecule has 0 aliphatic carbocycles. The van der Waals surface area contributed by atoms with E-state index in [4.69, 9.17) is 23.2 Å². The van der Waals surface area contributed by atoms with E-state index in [9.17, 15) is 22.4 Å². The predicted octanol–water partition coefficient (Wildman–Crippen LogP) is 6.23. The Labute approximate surface area is 257 Å². The molecule has 1 atom stereocenters. The van der Waals surface area contributed by atoms with Crippen molar-refractivity contribution in [1.82, 2.24) is 10.2 Å². The lowest BCUT2D eigenvalue weighted by atomic mass is 10.00. The van der Waals surface area contributed by atoms with E-state index in [1.807, 2.05) is 51.1 Å². The maximum atomic E-state index is 14.8. The van der Waals surface area contributed by atoms with Gasteiger partial charge in [-0.15, -0.1) is 0 Å². The Kier molecular flexibility index (Phi) is 11.4. The zero-order chi connectivity index (χ0) is 31.1. The minimum atomic E-state index is -3.77. The first-order valence-electron chi connectivity index (χ1n) is 13.5. The van der Waals surface area contributed by atoms with Crippen molar-refractivity contribution in [3.63, 3.8) is 0 Å². The molecule has 0 fully saturated rings.